The van der Waals surface area contributed by atoms with Crippen LogP contribution in [0.1, 0.15) is 49.0 Å². The number of benzene rings is 1. The number of rotatable bonds is 5. The highest BCUT2D eigenvalue weighted by atomic mass is 16.5. The Bertz CT molecular complexity index is 572. The first-order chi connectivity index (χ1) is 11.3. The number of aliphatic hydroxyl groups is 1. The van der Waals surface area contributed by atoms with Crippen LogP contribution in [-0.4, -0.2) is 48.3 Å². The van der Waals surface area contributed by atoms with Gasteiger partial charge >= 0.3 is 0 Å². The highest BCUT2D eigenvalue weighted by Gasteiger charge is 2.31. The van der Waals surface area contributed by atoms with Gasteiger partial charge in [0.2, 0.25) is 0 Å². The zero-order valence-electron chi connectivity index (χ0n) is 15.0. The second-order valence-electron chi connectivity index (χ2n) is 7.51. The van der Waals surface area contributed by atoms with Crippen molar-refractivity contribution in [3.05, 3.63) is 29.3 Å². The summed E-state index contributed by atoms with van der Waals surface area (Å²) in [5.74, 6) is 0.740. The van der Waals surface area contributed by atoms with E-state index in [2.05, 4.69) is 13.8 Å². The number of nitrogens with zero attached hydrogens (tertiary/aromatic N) is 1. The molecule has 5 heteroatoms. The van der Waals surface area contributed by atoms with E-state index in [0.29, 0.717) is 38.2 Å². The zero-order chi connectivity index (χ0) is 17.7. The molecule has 134 valence electrons. The van der Waals surface area contributed by atoms with Crippen molar-refractivity contribution in [1.82, 2.24) is 4.90 Å². The third-order valence-electron chi connectivity index (χ3n) is 4.47. The van der Waals surface area contributed by atoms with Crippen LogP contribution in [0.4, 0.5) is 0 Å². The first kappa shape index (κ1) is 18.7. The number of hydrogen-bond acceptors (Lipinski definition) is 4. The molecular weight excluding hydrogens is 304 g/mol. The van der Waals surface area contributed by atoms with Crippen LogP contribution in [-0.2, 0) is 0 Å². The van der Waals surface area contributed by atoms with Gasteiger partial charge in [-0.05, 0) is 55.8 Å². The molecule has 1 saturated heterocycles. The predicted octanol–water partition coefficient (Wildman–Crippen LogP) is 2.35. The summed E-state index contributed by atoms with van der Waals surface area (Å²) in [6.07, 6.45) is 1.79. The molecule has 0 saturated carbocycles. The lowest BCUT2D eigenvalue weighted by Crippen LogP contribution is -2.37. The molecule has 0 radical (unpaired) electrons. The summed E-state index contributed by atoms with van der Waals surface area (Å²) in [4.78, 5) is 14.8. The Labute approximate surface area is 144 Å². The fourth-order valence-electron chi connectivity index (χ4n) is 3.22. The molecule has 1 aromatic rings. The van der Waals surface area contributed by atoms with Crippen LogP contribution in [0, 0.1) is 12.3 Å². The van der Waals surface area contributed by atoms with Crippen LogP contribution in [0.15, 0.2) is 18.2 Å². The molecule has 1 aromatic carbocycles. The van der Waals surface area contributed by atoms with E-state index >= 15 is 0 Å². The molecule has 2 rings (SSSR count). The molecular formula is C19H30N2O3. The normalized spacial score (nSPS) is 20.5. The fraction of sp³-hybridized carbons (Fsp3) is 0.632. The Balaban J connectivity index is 2.15. The third-order valence-corrected chi connectivity index (χ3v) is 4.47. The van der Waals surface area contributed by atoms with Crippen molar-refractivity contribution >= 4 is 5.91 Å². The first-order valence-electron chi connectivity index (χ1n) is 8.73. The van der Waals surface area contributed by atoms with Crippen molar-refractivity contribution in [3.63, 3.8) is 0 Å². The van der Waals surface area contributed by atoms with Gasteiger partial charge in [0.15, 0.2) is 0 Å². The van der Waals surface area contributed by atoms with Crippen LogP contribution in [0.25, 0.3) is 0 Å². The molecule has 1 aliphatic rings. The van der Waals surface area contributed by atoms with Crippen molar-refractivity contribution in [2.24, 2.45) is 11.1 Å². The van der Waals surface area contributed by atoms with Crippen molar-refractivity contribution in [3.8, 4) is 5.75 Å². The molecule has 1 amide bonds. The standard InChI is InChI=1S/C19H30N2O3/c1-14-5-6-15(11-17(14)24-10-4-8-20)18(23)21-9-7-16(22)12-19(2,3)13-21/h5-6,11,16,22H,4,7-10,12-13,20H2,1-3H3/t16-/m0/s1. The van der Waals surface area contributed by atoms with Gasteiger partial charge in [-0.25, -0.2) is 0 Å². The molecule has 0 spiro atoms. The average Bonchev–Trinajstić information content (AvgIpc) is 2.65. The highest BCUT2D eigenvalue weighted by molar-refractivity contribution is 5.94. The highest BCUT2D eigenvalue weighted by Crippen LogP contribution is 2.29. The molecule has 1 fully saturated rings. The van der Waals surface area contributed by atoms with E-state index in [0.717, 1.165) is 24.2 Å². The maximum atomic E-state index is 12.9. The number of likely N-dealkylation sites (tertiary alicyclic amines) is 1. The van der Waals surface area contributed by atoms with E-state index in [-0.39, 0.29) is 17.4 Å². The number of amides is 1. The van der Waals surface area contributed by atoms with Crippen molar-refractivity contribution in [2.45, 2.75) is 46.1 Å². The van der Waals surface area contributed by atoms with E-state index in [9.17, 15) is 9.90 Å². The molecule has 24 heavy (non-hydrogen) atoms. The fourth-order valence-corrected chi connectivity index (χ4v) is 3.22. The van der Waals surface area contributed by atoms with Gasteiger partial charge in [0.25, 0.3) is 5.91 Å². The maximum Gasteiger partial charge on any atom is 0.254 e. The van der Waals surface area contributed by atoms with Gasteiger partial charge in [-0.1, -0.05) is 19.9 Å². The summed E-state index contributed by atoms with van der Waals surface area (Å²) >= 11 is 0. The molecule has 1 aliphatic heterocycles. The molecule has 0 aromatic heterocycles. The second-order valence-corrected chi connectivity index (χ2v) is 7.51. The summed E-state index contributed by atoms with van der Waals surface area (Å²) in [5.41, 5.74) is 7.05. The number of aliphatic hydroxyl groups excluding tert-OH is 1. The molecule has 0 aliphatic carbocycles. The molecule has 1 heterocycles. The lowest BCUT2D eigenvalue weighted by atomic mass is 9.87. The minimum Gasteiger partial charge on any atom is -0.493 e. The van der Waals surface area contributed by atoms with Gasteiger partial charge in [-0.2, -0.15) is 0 Å². The summed E-state index contributed by atoms with van der Waals surface area (Å²) in [6, 6.07) is 5.59. The van der Waals surface area contributed by atoms with Crippen LogP contribution in [0.2, 0.25) is 0 Å². The van der Waals surface area contributed by atoms with Gasteiger partial charge in [-0.15, -0.1) is 0 Å². The Hall–Kier alpha value is -1.59. The van der Waals surface area contributed by atoms with Crippen LogP contribution in [0.5, 0.6) is 5.75 Å². The topological polar surface area (TPSA) is 75.8 Å². The third kappa shape index (κ3) is 4.95. The van der Waals surface area contributed by atoms with Gasteiger partial charge in [0, 0.05) is 18.7 Å². The summed E-state index contributed by atoms with van der Waals surface area (Å²) < 4.78 is 5.75. The molecule has 5 nitrogen and oxygen atoms in total. The lowest BCUT2D eigenvalue weighted by molar-refractivity contribution is 0.0704. The Morgan fingerprint density at radius 2 is 2.21 bits per heavy atom. The zero-order valence-corrected chi connectivity index (χ0v) is 15.0. The number of ether oxygens (including phenoxy) is 1. The smallest absolute Gasteiger partial charge is 0.254 e. The average molecular weight is 334 g/mol. The van der Waals surface area contributed by atoms with Gasteiger partial charge in [0.05, 0.1) is 12.7 Å². The van der Waals surface area contributed by atoms with Crippen LogP contribution in [0.3, 0.4) is 0 Å². The Morgan fingerprint density at radius 3 is 2.92 bits per heavy atom. The Kier molecular flexibility index (Phi) is 6.24. The van der Waals surface area contributed by atoms with E-state index < -0.39 is 0 Å². The molecule has 0 bridgehead atoms. The monoisotopic (exact) mass is 334 g/mol. The minimum atomic E-state index is -0.342. The van der Waals surface area contributed by atoms with Crippen LogP contribution >= 0.6 is 0 Å². The van der Waals surface area contributed by atoms with Crippen molar-refractivity contribution in [1.29, 1.82) is 0 Å². The lowest BCUT2D eigenvalue weighted by Gasteiger charge is -2.30. The molecule has 3 N–H and O–H groups in total. The van der Waals surface area contributed by atoms with Gasteiger partial charge in [0.1, 0.15) is 5.75 Å². The van der Waals surface area contributed by atoms with E-state index in [1.165, 1.54) is 0 Å². The number of carbonyl (C=O) groups excluding carboxylic acids is 1. The number of nitrogens with two attached hydrogens (primary N) is 1. The number of aryl methyl sites for hydroxylation is 1. The summed E-state index contributed by atoms with van der Waals surface area (Å²) in [5, 5.41) is 10.0. The van der Waals surface area contributed by atoms with Crippen molar-refractivity contribution < 1.29 is 14.6 Å². The van der Waals surface area contributed by atoms with E-state index in [1.54, 1.807) is 0 Å². The first-order valence-corrected chi connectivity index (χ1v) is 8.73. The van der Waals surface area contributed by atoms with Gasteiger partial charge in [-0.3, -0.25) is 4.79 Å². The second kappa shape index (κ2) is 7.99. The Morgan fingerprint density at radius 1 is 1.46 bits per heavy atom. The molecule has 0 unspecified atom stereocenters. The number of hydrogen-bond donors (Lipinski definition) is 2. The summed E-state index contributed by atoms with van der Waals surface area (Å²) in [7, 11) is 0. The van der Waals surface area contributed by atoms with E-state index in [4.69, 9.17) is 10.5 Å². The van der Waals surface area contributed by atoms with Crippen LogP contribution < -0.4 is 10.5 Å². The largest absolute Gasteiger partial charge is 0.493 e. The van der Waals surface area contributed by atoms with Crippen molar-refractivity contribution in [2.75, 3.05) is 26.2 Å². The van der Waals surface area contributed by atoms with E-state index in [1.807, 2.05) is 30.0 Å². The SMILES string of the molecule is Cc1ccc(C(=O)N2CC[C@H](O)CC(C)(C)C2)cc1OCCCN. The summed E-state index contributed by atoms with van der Waals surface area (Å²) in [6.45, 7) is 8.54. The predicted molar refractivity (Wildman–Crippen MR) is 95.3 cm³/mol. The number of carbonyl (C=O) groups is 1. The molecule has 1 atom stereocenters. The maximum absolute atomic E-state index is 12.9. The quantitative estimate of drug-likeness (QED) is 0.811. The van der Waals surface area contributed by atoms with Gasteiger partial charge < -0.3 is 20.5 Å². The minimum absolute atomic E-state index is 0.000787.